The van der Waals surface area contributed by atoms with E-state index in [4.69, 9.17) is 0 Å². The maximum atomic E-state index is 13.8. The third kappa shape index (κ3) is 3.93. The molecule has 0 atom stereocenters. The molecule has 1 aliphatic rings. The zero-order valence-corrected chi connectivity index (χ0v) is 16.1. The fraction of sp³-hybridized carbons (Fsp3) is 0.250. The van der Waals surface area contributed by atoms with Crippen LogP contribution >= 0.6 is 0 Å². The van der Waals surface area contributed by atoms with Crippen molar-refractivity contribution >= 4 is 17.5 Å². The lowest BCUT2D eigenvalue weighted by Gasteiger charge is -2.35. The quantitative estimate of drug-likeness (QED) is 0.665. The Bertz CT molecular complexity index is 1060. The van der Waals surface area contributed by atoms with Crippen LogP contribution in [0.3, 0.4) is 0 Å². The molecule has 10 heteroatoms. The highest BCUT2D eigenvalue weighted by atomic mass is 19.2. The number of aromatic nitrogens is 3. The van der Waals surface area contributed by atoms with Gasteiger partial charge >= 0.3 is 6.03 Å². The van der Waals surface area contributed by atoms with E-state index in [1.54, 1.807) is 0 Å². The van der Waals surface area contributed by atoms with Crippen LogP contribution in [0.1, 0.15) is 5.82 Å². The highest BCUT2D eigenvalue weighted by Crippen LogP contribution is 2.21. The SMILES string of the molecule is Cc1nc(N2CCN(C(=O)Nc3ccc(F)c(F)c3F)CC2)cc(-n2cccc2)n1. The largest absolute Gasteiger partial charge is 0.353 e. The van der Waals surface area contributed by atoms with Crippen molar-refractivity contribution in [3.8, 4) is 5.82 Å². The topological polar surface area (TPSA) is 66.3 Å². The van der Waals surface area contributed by atoms with Gasteiger partial charge in [-0.25, -0.2) is 27.9 Å². The molecule has 0 spiro atoms. The van der Waals surface area contributed by atoms with Gasteiger partial charge in [0.2, 0.25) is 0 Å². The smallest absolute Gasteiger partial charge is 0.322 e. The molecule has 2 amide bonds. The monoisotopic (exact) mass is 416 g/mol. The Morgan fingerprint density at radius 2 is 1.63 bits per heavy atom. The van der Waals surface area contributed by atoms with Crippen LogP contribution in [0.2, 0.25) is 0 Å². The van der Waals surface area contributed by atoms with Crippen LogP contribution in [0.15, 0.2) is 42.7 Å². The molecule has 3 heterocycles. The Morgan fingerprint density at radius 1 is 0.967 bits per heavy atom. The standard InChI is InChI=1S/C20H19F3N6O/c1-13-24-16(27-6-2-3-7-27)12-17(25-13)28-8-10-29(11-9-28)20(30)26-15-5-4-14(21)18(22)19(15)23/h2-7,12H,8-11H2,1H3,(H,26,30). The molecule has 0 saturated carbocycles. The van der Waals surface area contributed by atoms with Gasteiger partial charge in [0, 0.05) is 44.6 Å². The number of piperazine rings is 1. The van der Waals surface area contributed by atoms with Crippen LogP contribution in [-0.4, -0.2) is 51.6 Å². The number of amides is 2. The van der Waals surface area contributed by atoms with Crippen LogP contribution < -0.4 is 10.2 Å². The summed E-state index contributed by atoms with van der Waals surface area (Å²) >= 11 is 0. The Morgan fingerprint density at radius 3 is 2.33 bits per heavy atom. The van der Waals surface area contributed by atoms with Crippen molar-refractivity contribution in [3.63, 3.8) is 0 Å². The Balaban J connectivity index is 1.42. The predicted molar refractivity (Wildman–Crippen MR) is 105 cm³/mol. The van der Waals surface area contributed by atoms with Crippen molar-refractivity contribution in [1.82, 2.24) is 19.4 Å². The van der Waals surface area contributed by atoms with Crippen molar-refractivity contribution in [2.45, 2.75) is 6.92 Å². The number of anilines is 2. The summed E-state index contributed by atoms with van der Waals surface area (Å²) in [6.07, 6.45) is 3.79. The average molecular weight is 416 g/mol. The van der Waals surface area contributed by atoms with E-state index in [0.717, 1.165) is 23.8 Å². The van der Waals surface area contributed by atoms with E-state index in [1.807, 2.05) is 47.0 Å². The number of urea groups is 1. The molecule has 0 bridgehead atoms. The lowest BCUT2D eigenvalue weighted by atomic mass is 10.2. The van der Waals surface area contributed by atoms with Gasteiger partial charge in [0.1, 0.15) is 17.5 Å². The first-order chi connectivity index (χ1) is 14.4. The van der Waals surface area contributed by atoms with E-state index in [2.05, 4.69) is 15.3 Å². The summed E-state index contributed by atoms with van der Waals surface area (Å²) in [5.41, 5.74) is -0.399. The zero-order valence-electron chi connectivity index (χ0n) is 16.1. The first kappa shape index (κ1) is 19.7. The van der Waals surface area contributed by atoms with Crippen LogP contribution in [0, 0.1) is 24.4 Å². The number of hydrogen-bond donors (Lipinski definition) is 1. The molecule has 3 aromatic rings. The molecule has 7 nitrogen and oxygen atoms in total. The number of nitrogens with zero attached hydrogens (tertiary/aromatic N) is 5. The molecule has 1 fully saturated rings. The number of rotatable bonds is 3. The summed E-state index contributed by atoms with van der Waals surface area (Å²) < 4.78 is 42.1. The fourth-order valence-electron chi connectivity index (χ4n) is 3.27. The average Bonchev–Trinajstić information content (AvgIpc) is 3.29. The number of hydrogen-bond acceptors (Lipinski definition) is 4. The molecule has 156 valence electrons. The third-order valence-electron chi connectivity index (χ3n) is 4.85. The van der Waals surface area contributed by atoms with Gasteiger partial charge in [-0.3, -0.25) is 0 Å². The number of carbonyl (C=O) groups excluding carboxylic acids is 1. The number of aryl methyl sites for hydroxylation is 1. The Labute approximate surface area is 170 Å². The van der Waals surface area contributed by atoms with E-state index in [-0.39, 0.29) is 0 Å². The lowest BCUT2D eigenvalue weighted by Crippen LogP contribution is -2.50. The maximum Gasteiger partial charge on any atom is 0.322 e. The van der Waals surface area contributed by atoms with Crippen LogP contribution in [0.5, 0.6) is 0 Å². The van der Waals surface area contributed by atoms with Gasteiger partial charge in [0.15, 0.2) is 17.5 Å². The van der Waals surface area contributed by atoms with E-state index < -0.39 is 29.2 Å². The molecule has 0 unspecified atom stereocenters. The van der Waals surface area contributed by atoms with Gasteiger partial charge < -0.3 is 19.7 Å². The minimum absolute atomic E-state index is 0.360. The van der Waals surface area contributed by atoms with Crippen LogP contribution in [0.4, 0.5) is 29.5 Å². The van der Waals surface area contributed by atoms with Crippen molar-refractivity contribution < 1.29 is 18.0 Å². The Kier molecular flexibility index (Phi) is 5.30. The zero-order chi connectivity index (χ0) is 21.3. The molecule has 1 N–H and O–H groups in total. The summed E-state index contributed by atoms with van der Waals surface area (Å²) in [6.45, 7) is 3.55. The highest BCUT2D eigenvalue weighted by molar-refractivity contribution is 5.89. The van der Waals surface area contributed by atoms with Crippen LogP contribution in [-0.2, 0) is 0 Å². The minimum Gasteiger partial charge on any atom is -0.353 e. The number of benzene rings is 1. The molecule has 2 aromatic heterocycles. The summed E-state index contributed by atoms with van der Waals surface area (Å²) in [5, 5.41) is 2.30. The lowest BCUT2D eigenvalue weighted by molar-refractivity contribution is 0.208. The first-order valence-electron chi connectivity index (χ1n) is 9.36. The molecule has 30 heavy (non-hydrogen) atoms. The molecular formula is C20H19F3N6O. The van der Waals surface area contributed by atoms with Crippen molar-refractivity contribution in [1.29, 1.82) is 0 Å². The first-order valence-corrected chi connectivity index (χ1v) is 9.36. The molecule has 4 rings (SSSR count). The number of carbonyl (C=O) groups is 1. The van der Waals surface area contributed by atoms with Crippen molar-refractivity contribution in [2.75, 3.05) is 36.4 Å². The van der Waals surface area contributed by atoms with Gasteiger partial charge in [-0.1, -0.05) is 0 Å². The summed E-state index contributed by atoms with van der Waals surface area (Å²) in [6, 6.07) is 6.88. The fourth-order valence-corrected chi connectivity index (χ4v) is 3.27. The Hall–Kier alpha value is -3.56. The molecular weight excluding hydrogens is 397 g/mol. The van der Waals surface area contributed by atoms with Crippen LogP contribution in [0.25, 0.3) is 5.82 Å². The molecule has 0 aliphatic carbocycles. The maximum absolute atomic E-state index is 13.8. The predicted octanol–water partition coefficient (Wildman–Crippen LogP) is 3.35. The highest BCUT2D eigenvalue weighted by Gasteiger charge is 2.24. The van der Waals surface area contributed by atoms with Gasteiger partial charge in [-0.2, -0.15) is 0 Å². The molecule has 1 saturated heterocycles. The van der Waals surface area contributed by atoms with E-state index in [1.165, 1.54) is 4.90 Å². The van der Waals surface area contributed by atoms with Gasteiger partial charge in [-0.05, 0) is 31.2 Å². The summed E-state index contributed by atoms with van der Waals surface area (Å²) in [4.78, 5) is 24.9. The number of halogens is 3. The van der Waals surface area contributed by atoms with Gasteiger partial charge in [0.05, 0.1) is 5.69 Å². The summed E-state index contributed by atoms with van der Waals surface area (Å²) in [5.74, 6) is -2.22. The third-order valence-corrected chi connectivity index (χ3v) is 4.85. The minimum atomic E-state index is -1.62. The van der Waals surface area contributed by atoms with Crippen molar-refractivity contribution in [2.24, 2.45) is 0 Å². The normalized spacial score (nSPS) is 14.1. The molecule has 1 aliphatic heterocycles. The van der Waals surface area contributed by atoms with E-state index in [0.29, 0.717) is 32.0 Å². The van der Waals surface area contributed by atoms with Gasteiger partial charge in [0.25, 0.3) is 0 Å². The second-order valence-electron chi connectivity index (χ2n) is 6.85. The second-order valence-corrected chi connectivity index (χ2v) is 6.85. The number of nitrogens with one attached hydrogen (secondary N) is 1. The van der Waals surface area contributed by atoms with E-state index >= 15 is 0 Å². The molecule has 1 aromatic carbocycles. The summed E-state index contributed by atoms with van der Waals surface area (Å²) in [7, 11) is 0. The van der Waals surface area contributed by atoms with Gasteiger partial charge in [-0.15, -0.1) is 0 Å². The van der Waals surface area contributed by atoms with E-state index in [9.17, 15) is 18.0 Å². The second kappa shape index (κ2) is 8.05. The molecule has 0 radical (unpaired) electrons. The van der Waals surface area contributed by atoms with Crippen molar-refractivity contribution in [3.05, 3.63) is 66.0 Å².